The van der Waals surface area contributed by atoms with E-state index in [0.717, 1.165) is 13.0 Å². The van der Waals surface area contributed by atoms with Crippen molar-refractivity contribution in [3.8, 4) is 0 Å². The lowest BCUT2D eigenvalue weighted by molar-refractivity contribution is -0.146. The van der Waals surface area contributed by atoms with Gasteiger partial charge in [-0.05, 0) is 26.2 Å². The van der Waals surface area contributed by atoms with Crippen LogP contribution in [0.4, 0.5) is 0 Å². The van der Waals surface area contributed by atoms with E-state index in [1.807, 2.05) is 0 Å². The molecule has 0 aliphatic heterocycles. The number of fused-ring (bicyclic) bond motifs is 1. The number of hydrogen-bond donors (Lipinski definition) is 1. The van der Waals surface area contributed by atoms with E-state index in [9.17, 15) is 0 Å². The normalized spacial score (nSPS) is 51.0. The molecule has 3 unspecified atom stereocenters. The Morgan fingerprint density at radius 1 is 1.70 bits per heavy atom. The van der Waals surface area contributed by atoms with Crippen LogP contribution in [0.1, 0.15) is 26.2 Å². The van der Waals surface area contributed by atoms with Gasteiger partial charge in [0.25, 0.3) is 0 Å². The van der Waals surface area contributed by atoms with Crippen LogP contribution < -0.4 is 5.73 Å². The first-order valence-corrected chi connectivity index (χ1v) is 4.17. The molecule has 0 amide bonds. The van der Waals surface area contributed by atoms with Crippen LogP contribution >= 0.6 is 0 Å². The van der Waals surface area contributed by atoms with E-state index in [1.165, 1.54) is 12.8 Å². The Morgan fingerprint density at radius 3 is 2.80 bits per heavy atom. The predicted octanol–water partition coefficient (Wildman–Crippen LogP) is 0.903. The fourth-order valence-electron chi connectivity index (χ4n) is 2.24. The van der Waals surface area contributed by atoms with E-state index in [0.29, 0.717) is 12.0 Å². The monoisotopic (exact) mass is 141 g/mol. The van der Waals surface area contributed by atoms with Gasteiger partial charge in [-0.1, -0.05) is 0 Å². The lowest BCUT2D eigenvalue weighted by Crippen LogP contribution is -2.70. The van der Waals surface area contributed by atoms with Gasteiger partial charge in [-0.2, -0.15) is 0 Å². The van der Waals surface area contributed by atoms with Gasteiger partial charge >= 0.3 is 0 Å². The molecule has 2 N–H and O–H groups in total. The standard InChI is InChI=1S/C8H15NO/c1-2-10-7-5-8(9)4-3-6(7)8/h6-7H,2-5,9H2,1H3. The fraction of sp³-hybridized carbons (Fsp3) is 1.00. The molecule has 3 atom stereocenters. The Morgan fingerprint density at radius 2 is 2.50 bits per heavy atom. The average molecular weight is 141 g/mol. The second-order valence-corrected chi connectivity index (χ2v) is 3.58. The largest absolute Gasteiger partial charge is 0.378 e. The summed E-state index contributed by atoms with van der Waals surface area (Å²) in [7, 11) is 0. The highest BCUT2D eigenvalue weighted by atomic mass is 16.5. The molecule has 0 aromatic carbocycles. The molecule has 0 saturated heterocycles. The summed E-state index contributed by atoms with van der Waals surface area (Å²) >= 11 is 0. The van der Waals surface area contributed by atoms with Gasteiger partial charge in [0, 0.05) is 18.1 Å². The van der Waals surface area contributed by atoms with Crippen molar-refractivity contribution >= 4 is 0 Å². The molecule has 0 aromatic rings. The third kappa shape index (κ3) is 0.663. The molecule has 2 saturated carbocycles. The second kappa shape index (κ2) is 1.95. The number of hydrogen-bond acceptors (Lipinski definition) is 2. The SMILES string of the molecule is CCOC1CC2(N)CCC12. The van der Waals surface area contributed by atoms with Crippen LogP contribution in [0, 0.1) is 5.92 Å². The summed E-state index contributed by atoms with van der Waals surface area (Å²) in [6.45, 7) is 2.90. The molecule has 2 aliphatic rings. The molecule has 2 heteroatoms. The minimum absolute atomic E-state index is 0.208. The Kier molecular flexibility index (Phi) is 1.29. The van der Waals surface area contributed by atoms with E-state index in [2.05, 4.69) is 6.92 Å². The van der Waals surface area contributed by atoms with Gasteiger partial charge in [-0.3, -0.25) is 0 Å². The first-order valence-electron chi connectivity index (χ1n) is 4.17. The molecule has 2 aliphatic carbocycles. The summed E-state index contributed by atoms with van der Waals surface area (Å²) in [5.41, 5.74) is 6.20. The third-order valence-corrected chi connectivity index (χ3v) is 3.07. The summed E-state index contributed by atoms with van der Waals surface area (Å²) in [6, 6.07) is 0. The smallest absolute Gasteiger partial charge is 0.0638 e. The van der Waals surface area contributed by atoms with E-state index >= 15 is 0 Å². The summed E-state index contributed by atoms with van der Waals surface area (Å²) < 4.78 is 5.50. The van der Waals surface area contributed by atoms with Gasteiger partial charge in [-0.25, -0.2) is 0 Å². The van der Waals surface area contributed by atoms with Crippen molar-refractivity contribution in [1.29, 1.82) is 0 Å². The summed E-state index contributed by atoms with van der Waals surface area (Å²) in [5.74, 6) is 0.701. The minimum Gasteiger partial charge on any atom is -0.378 e. The quantitative estimate of drug-likeness (QED) is 0.620. The molecule has 0 heterocycles. The average Bonchev–Trinajstić information content (AvgIpc) is 1.87. The Labute approximate surface area is 61.7 Å². The zero-order chi connectivity index (χ0) is 7.19. The van der Waals surface area contributed by atoms with E-state index < -0.39 is 0 Å². The van der Waals surface area contributed by atoms with E-state index in [-0.39, 0.29) is 5.54 Å². The molecule has 0 bridgehead atoms. The second-order valence-electron chi connectivity index (χ2n) is 3.58. The highest BCUT2D eigenvalue weighted by Gasteiger charge is 2.57. The molecule has 58 valence electrons. The van der Waals surface area contributed by atoms with E-state index in [1.54, 1.807) is 0 Å². The molecule has 2 nitrogen and oxygen atoms in total. The van der Waals surface area contributed by atoms with Gasteiger partial charge in [-0.15, -0.1) is 0 Å². The van der Waals surface area contributed by atoms with Crippen LogP contribution in [-0.2, 0) is 4.74 Å². The van der Waals surface area contributed by atoms with Gasteiger partial charge < -0.3 is 10.5 Å². The number of nitrogens with two attached hydrogens (primary N) is 1. The predicted molar refractivity (Wildman–Crippen MR) is 39.7 cm³/mol. The molecule has 0 spiro atoms. The third-order valence-electron chi connectivity index (χ3n) is 3.07. The van der Waals surface area contributed by atoms with Gasteiger partial charge in [0.15, 0.2) is 0 Å². The number of ether oxygens (including phenoxy) is 1. The van der Waals surface area contributed by atoms with E-state index in [4.69, 9.17) is 10.5 Å². The lowest BCUT2D eigenvalue weighted by Gasteiger charge is -2.60. The first kappa shape index (κ1) is 6.62. The summed E-state index contributed by atoms with van der Waals surface area (Å²) in [4.78, 5) is 0. The fourth-order valence-corrected chi connectivity index (χ4v) is 2.24. The maximum absolute atomic E-state index is 5.99. The first-order chi connectivity index (χ1) is 4.76. The van der Waals surface area contributed by atoms with Crippen LogP contribution in [-0.4, -0.2) is 18.2 Å². The van der Waals surface area contributed by atoms with Crippen molar-refractivity contribution < 1.29 is 4.74 Å². The van der Waals surface area contributed by atoms with Crippen LogP contribution in [0.2, 0.25) is 0 Å². The van der Waals surface area contributed by atoms with Crippen LogP contribution in [0.25, 0.3) is 0 Å². The van der Waals surface area contributed by atoms with Gasteiger partial charge in [0.1, 0.15) is 0 Å². The number of rotatable bonds is 2. The maximum Gasteiger partial charge on any atom is 0.0638 e. The summed E-state index contributed by atoms with van der Waals surface area (Å²) in [6.07, 6.45) is 4.12. The van der Waals surface area contributed by atoms with Crippen molar-refractivity contribution in [3.05, 3.63) is 0 Å². The molecular weight excluding hydrogens is 126 g/mol. The highest BCUT2D eigenvalue weighted by molar-refractivity contribution is 5.14. The molecule has 2 fully saturated rings. The Hall–Kier alpha value is -0.0800. The topological polar surface area (TPSA) is 35.2 Å². The van der Waals surface area contributed by atoms with Gasteiger partial charge in [0.2, 0.25) is 0 Å². The molecule has 0 radical (unpaired) electrons. The van der Waals surface area contributed by atoms with Crippen molar-refractivity contribution in [3.63, 3.8) is 0 Å². The molecule has 2 rings (SSSR count). The van der Waals surface area contributed by atoms with Crippen molar-refractivity contribution in [2.45, 2.75) is 37.8 Å². The Bertz CT molecular complexity index is 148. The lowest BCUT2D eigenvalue weighted by atomic mass is 9.52. The van der Waals surface area contributed by atoms with Crippen molar-refractivity contribution in [2.24, 2.45) is 11.7 Å². The molecule has 0 aromatic heterocycles. The highest BCUT2D eigenvalue weighted by Crippen LogP contribution is 2.53. The van der Waals surface area contributed by atoms with Crippen molar-refractivity contribution in [2.75, 3.05) is 6.61 Å². The zero-order valence-electron chi connectivity index (χ0n) is 6.47. The zero-order valence-corrected chi connectivity index (χ0v) is 6.47. The molecular formula is C8H15NO. The summed E-state index contributed by atoms with van der Waals surface area (Å²) in [5, 5.41) is 0. The van der Waals surface area contributed by atoms with Crippen LogP contribution in [0.3, 0.4) is 0 Å². The minimum atomic E-state index is 0.208. The van der Waals surface area contributed by atoms with Gasteiger partial charge in [0.05, 0.1) is 6.10 Å². The van der Waals surface area contributed by atoms with Crippen LogP contribution in [0.5, 0.6) is 0 Å². The Balaban J connectivity index is 1.86. The maximum atomic E-state index is 5.99. The van der Waals surface area contributed by atoms with Crippen LogP contribution in [0.15, 0.2) is 0 Å². The van der Waals surface area contributed by atoms with Crippen molar-refractivity contribution in [1.82, 2.24) is 0 Å². The molecule has 10 heavy (non-hydrogen) atoms.